The van der Waals surface area contributed by atoms with Crippen molar-refractivity contribution in [1.82, 2.24) is 4.98 Å². The standard InChI is InChI=1S/C12H10N2OS/c1-9-4-5-14-12(11(9)7-13)15-8-10-3-2-6-16-10/h2-6H,8H2,1H3. The zero-order valence-electron chi connectivity index (χ0n) is 8.80. The number of pyridine rings is 1. The van der Waals surface area contributed by atoms with Gasteiger partial charge in [0, 0.05) is 11.1 Å². The van der Waals surface area contributed by atoms with Gasteiger partial charge in [-0.1, -0.05) is 6.07 Å². The van der Waals surface area contributed by atoms with Crippen molar-refractivity contribution in [3.63, 3.8) is 0 Å². The minimum atomic E-state index is 0.413. The van der Waals surface area contributed by atoms with Gasteiger partial charge in [-0.05, 0) is 30.0 Å². The van der Waals surface area contributed by atoms with Crippen molar-refractivity contribution >= 4 is 11.3 Å². The molecule has 0 aliphatic rings. The third-order valence-electron chi connectivity index (χ3n) is 2.17. The summed E-state index contributed by atoms with van der Waals surface area (Å²) in [5.41, 5.74) is 1.40. The van der Waals surface area contributed by atoms with Crippen LogP contribution >= 0.6 is 11.3 Å². The largest absolute Gasteiger partial charge is 0.471 e. The minimum Gasteiger partial charge on any atom is -0.471 e. The van der Waals surface area contributed by atoms with Gasteiger partial charge in [-0.2, -0.15) is 5.26 Å². The van der Waals surface area contributed by atoms with E-state index in [0.717, 1.165) is 10.4 Å². The highest BCUT2D eigenvalue weighted by atomic mass is 32.1. The molecule has 80 valence electrons. The van der Waals surface area contributed by atoms with Crippen LogP contribution in [0.4, 0.5) is 0 Å². The average Bonchev–Trinajstić information content (AvgIpc) is 2.79. The summed E-state index contributed by atoms with van der Waals surface area (Å²) in [6.45, 7) is 2.33. The normalized spacial score (nSPS) is 9.75. The maximum atomic E-state index is 8.99. The van der Waals surface area contributed by atoms with Crippen LogP contribution in [0.3, 0.4) is 0 Å². The molecule has 2 rings (SSSR count). The number of aryl methyl sites for hydroxylation is 1. The van der Waals surface area contributed by atoms with E-state index in [4.69, 9.17) is 10.00 Å². The van der Waals surface area contributed by atoms with Crippen molar-refractivity contribution in [3.8, 4) is 11.9 Å². The lowest BCUT2D eigenvalue weighted by Gasteiger charge is -2.06. The van der Waals surface area contributed by atoms with E-state index < -0.39 is 0 Å². The van der Waals surface area contributed by atoms with Gasteiger partial charge in [0.15, 0.2) is 0 Å². The molecule has 0 saturated carbocycles. The van der Waals surface area contributed by atoms with Crippen LogP contribution in [-0.4, -0.2) is 4.98 Å². The molecule has 0 fully saturated rings. The molecule has 0 spiro atoms. The highest BCUT2D eigenvalue weighted by Gasteiger charge is 2.07. The Morgan fingerprint density at radius 2 is 2.38 bits per heavy atom. The van der Waals surface area contributed by atoms with E-state index in [-0.39, 0.29) is 0 Å². The molecule has 0 atom stereocenters. The monoisotopic (exact) mass is 230 g/mol. The zero-order chi connectivity index (χ0) is 11.4. The molecule has 4 heteroatoms. The molecule has 16 heavy (non-hydrogen) atoms. The topological polar surface area (TPSA) is 45.9 Å². The molecule has 3 nitrogen and oxygen atoms in total. The second-order valence-corrected chi connectivity index (χ2v) is 4.32. The SMILES string of the molecule is Cc1ccnc(OCc2cccs2)c1C#N. The summed E-state index contributed by atoms with van der Waals surface area (Å²) >= 11 is 1.62. The van der Waals surface area contributed by atoms with E-state index in [1.54, 1.807) is 23.6 Å². The first-order valence-electron chi connectivity index (χ1n) is 4.82. The lowest BCUT2D eigenvalue weighted by molar-refractivity contribution is 0.296. The van der Waals surface area contributed by atoms with Crippen molar-refractivity contribution in [2.24, 2.45) is 0 Å². The molecular formula is C12H10N2OS. The van der Waals surface area contributed by atoms with Crippen LogP contribution in [0.1, 0.15) is 16.0 Å². The van der Waals surface area contributed by atoms with Crippen molar-refractivity contribution in [2.75, 3.05) is 0 Å². The van der Waals surface area contributed by atoms with E-state index in [1.807, 2.05) is 24.4 Å². The zero-order valence-corrected chi connectivity index (χ0v) is 9.62. The predicted molar refractivity (Wildman–Crippen MR) is 62.3 cm³/mol. The first kappa shape index (κ1) is 10.7. The molecular weight excluding hydrogens is 220 g/mol. The van der Waals surface area contributed by atoms with Gasteiger partial charge in [-0.3, -0.25) is 0 Å². The molecule has 2 aromatic heterocycles. The summed E-state index contributed by atoms with van der Waals surface area (Å²) in [7, 11) is 0. The van der Waals surface area contributed by atoms with E-state index in [2.05, 4.69) is 11.1 Å². The lowest BCUT2D eigenvalue weighted by Crippen LogP contribution is -1.99. The molecule has 2 aromatic rings. The molecule has 0 aliphatic carbocycles. The van der Waals surface area contributed by atoms with Crippen molar-refractivity contribution in [3.05, 3.63) is 45.8 Å². The Morgan fingerprint density at radius 3 is 3.06 bits per heavy atom. The Kier molecular flexibility index (Phi) is 3.18. The van der Waals surface area contributed by atoms with Gasteiger partial charge in [-0.25, -0.2) is 4.98 Å². The molecule has 0 amide bonds. The summed E-state index contributed by atoms with van der Waals surface area (Å²) in [6.07, 6.45) is 1.65. The summed E-state index contributed by atoms with van der Waals surface area (Å²) < 4.78 is 5.53. The van der Waals surface area contributed by atoms with E-state index in [0.29, 0.717) is 18.1 Å². The van der Waals surface area contributed by atoms with E-state index >= 15 is 0 Å². The quantitative estimate of drug-likeness (QED) is 0.814. The summed E-state index contributed by atoms with van der Waals surface area (Å²) in [4.78, 5) is 5.19. The minimum absolute atomic E-state index is 0.413. The van der Waals surface area contributed by atoms with E-state index in [9.17, 15) is 0 Å². The molecule has 0 saturated heterocycles. The fraction of sp³-hybridized carbons (Fsp3) is 0.167. The van der Waals surface area contributed by atoms with Crippen LogP contribution in [0.2, 0.25) is 0 Å². The smallest absolute Gasteiger partial charge is 0.232 e. The highest BCUT2D eigenvalue weighted by molar-refractivity contribution is 7.09. The number of ether oxygens (including phenoxy) is 1. The lowest BCUT2D eigenvalue weighted by atomic mass is 10.2. The average molecular weight is 230 g/mol. The Hall–Kier alpha value is -1.86. The Labute approximate surface area is 97.9 Å². The number of nitrogens with zero attached hydrogens (tertiary/aromatic N) is 2. The fourth-order valence-corrected chi connectivity index (χ4v) is 1.93. The maximum absolute atomic E-state index is 8.99. The molecule has 0 aliphatic heterocycles. The summed E-state index contributed by atoms with van der Waals surface area (Å²) in [5.74, 6) is 0.413. The van der Waals surface area contributed by atoms with Crippen molar-refractivity contribution in [1.29, 1.82) is 5.26 Å². The summed E-state index contributed by atoms with van der Waals surface area (Å²) in [5, 5.41) is 11.0. The van der Waals surface area contributed by atoms with Crippen LogP contribution < -0.4 is 4.74 Å². The highest BCUT2D eigenvalue weighted by Crippen LogP contribution is 2.19. The Balaban J connectivity index is 2.16. The second-order valence-electron chi connectivity index (χ2n) is 3.29. The van der Waals surface area contributed by atoms with Crippen LogP contribution in [0.15, 0.2) is 29.8 Å². The number of hydrogen-bond acceptors (Lipinski definition) is 4. The van der Waals surface area contributed by atoms with Crippen molar-refractivity contribution in [2.45, 2.75) is 13.5 Å². The van der Waals surface area contributed by atoms with Gasteiger partial charge in [0.2, 0.25) is 5.88 Å². The Morgan fingerprint density at radius 1 is 1.50 bits per heavy atom. The predicted octanol–water partition coefficient (Wildman–Crippen LogP) is 2.90. The number of hydrogen-bond donors (Lipinski definition) is 0. The van der Waals surface area contributed by atoms with Crippen LogP contribution in [-0.2, 0) is 6.61 Å². The van der Waals surface area contributed by atoms with E-state index in [1.165, 1.54) is 0 Å². The van der Waals surface area contributed by atoms with Gasteiger partial charge >= 0.3 is 0 Å². The first-order chi connectivity index (χ1) is 7.81. The number of thiophene rings is 1. The molecule has 0 N–H and O–H groups in total. The van der Waals surface area contributed by atoms with Gasteiger partial charge < -0.3 is 4.74 Å². The Bertz CT molecular complexity index is 514. The number of rotatable bonds is 3. The molecule has 2 heterocycles. The first-order valence-corrected chi connectivity index (χ1v) is 5.70. The van der Waals surface area contributed by atoms with Gasteiger partial charge in [-0.15, -0.1) is 11.3 Å². The number of aromatic nitrogens is 1. The summed E-state index contributed by atoms with van der Waals surface area (Å²) in [6, 6.07) is 7.88. The second kappa shape index (κ2) is 4.77. The fourth-order valence-electron chi connectivity index (χ4n) is 1.31. The van der Waals surface area contributed by atoms with Crippen LogP contribution in [0.25, 0.3) is 0 Å². The van der Waals surface area contributed by atoms with Crippen LogP contribution in [0.5, 0.6) is 5.88 Å². The van der Waals surface area contributed by atoms with Gasteiger partial charge in [0.25, 0.3) is 0 Å². The molecule has 0 bridgehead atoms. The molecule has 0 aromatic carbocycles. The molecule has 0 unspecified atom stereocenters. The maximum Gasteiger partial charge on any atom is 0.232 e. The third kappa shape index (κ3) is 2.20. The molecule has 0 radical (unpaired) electrons. The third-order valence-corrected chi connectivity index (χ3v) is 3.02. The van der Waals surface area contributed by atoms with Gasteiger partial charge in [0.05, 0.1) is 0 Å². The van der Waals surface area contributed by atoms with Gasteiger partial charge in [0.1, 0.15) is 18.2 Å². The van der Waals surface area contributed by atoms with Crippen LogP contribution in [0, 0.1) is 18.3 Å². The van der Waals surface area contributed by atoms with Crippen molar-refractivity contribution < 1.29 is 4.74 Å². The number of nitriles is 1.